The molecule has 0 saturated heterocycles. The number of benzene rings is 2. The molecule has 0 heterocycles. The van der Waals surface area contributed by atoms with E-state index >= 15 is 0 Å². The summed E-state index contributed by atoms with van der Waals surface area (Å²) in [5, 5.41) is 0. The molecule has 0 fully saturated rings. The molecular weight excluding hydrogens is 387 g/mol. The van der Waals surface area contributed by atoms with E-state index in [2.05, 4.69) is 0 Å². The summed E-state index contributed by atoms with van der Waals surface area (Å²) in [4.78, 5) is -0.0642. The first-order chi connectivity index (χ1) is 12.7. The highest BCUT2D eigenvalue weighted by molar-refractivity contribution is 7.91. The highest BCUT2D eigenvalue weighted by Crippen LogP contribution is 2.32. The molecule has 0 spiro atoms. The maximum Gasteiger partial charge on any atom is 0.200 e. The van der Waals surface area contributed by atoms with Gasteiger partial charge in [0.05, 0.1) is 16.2 Å². The van der Waals surface area contributed by atoms with Crippen molar-refractivity contribution >= 4 is 9.84 Å². The zero-order chi connectivity index (χ0) is 20.2. The lowest BCUT2D eigenvalue weighted by Crippen LogP contribution is -2.07. The Morgan fingerprint density at radius 1 is 0.704 bits per heavy atom. The summed E-state index contributed by atoms with van der Waals surface area (Å²) in [6.45, 7) is 2.04. The van der Waals surface area contributed by atoms with Crippen molar-refractivity contribution in [3.63, 3.8) is 0 Å². The standard InChI is InChI=1S/C19H19F5O2S/c1-2-3-4-5-6-11-27(25,26)13-9-7-12(8-10-13)14-15(20)17(22)19(24)18(23)16(14)21/h7-10H,2-6,11H2,1H3. The molecule has 0 bridgehead atoms. The fourth-order valence-corrected chi connectivity index (χ4v) is 4.07. The first-order valence-electron chi connectivity index (χ1n) is 8.55. The Hall–Kier alpha value is -1.96. The van der Waals surface area contributed by atoms with Gasteiger partial charge in [-0.05, 0) is 24.1 Å². The van der Waals surface area contributed by atoms with Gasteiger partial charge in [-0.1, -0.05) is 44.7 Å². The van der Waals surface area contributed by atoms with Gasteiger partial charge in [-0.15, -0.1) is 0 Å². The summed E-state index contributed by atoms with van der Waals surface area (Å²) >= 11 is 0. The molecule has 8 heteroatoms. The highest BCUT2D eigenvalue weighted by atomic mass is 32.2. The molecular formula is C19H19F5O2S. The molecule has 0 saturated carbocycles. The molecule has 0 N–H and O–H groups in total. The number of hydrogen-bond donors (Lipinski definition) is 0. The van der Waals surface area contributed by atoms with Crippen LogP contribution in [0, 0.1) is 29.1 Å². The quantitative estimate of drug-likeness (QED) is 0.241. The predicted octanol–water partition coefficient (Wildman–Crippen LogP) is 5.79. The predicted molar refractivity (Wildman–Crippen MR) is 92.5 cm³/mol. The lowest BCUT2D eigenvalue weighted by Gasteiger charge is -2.10. The Balaban J connectivity index is 2.26. The van der Waals surface area contributed by atoms with E-state index in [1.165, 1.54) is 0 Å². The van der Waals surface area contributed by atoms with Crippen molar-refractivity contribution in [3.8, 4) is 11.1 Å². The maximum atomic E-state index is 13.9. The van der Waals surface area contributed by atoms with Crippen LogP contribution in [0.3, 0.4) is 0 Å². The molecule has 2 nitrogen and oxygen atoms in total. The molecule has 27 heavy (non-hydrogen) atoms. The van der Waals surface area contributed by atoms with E-state index in [1.807, 2.05) is 6.92 Å². The fourth-order valence-electron chi connectivity index (χ4n) is 2.70. The van der Waals surface area contributed by atoms with Crippen LogP contribution < -0.4 is 0 Å². The summed E-state index contributed by atoms with van der Waals surface area (Å²) in [5.74, 6) is -10.3. The largest absolute Gasteiger partial charge is 0.224 e. The van der Waals surface area contributed by atoms with E-state index < -0.39 is 44.5 Å². The Morgan fingerprint density at radius 3 is 1.70 bits per heavy atom. The molecule has 0 aliphatic heterocycles. The topological polar surface area (TPSA) is 34.1 Å². The average molecular weight is 406 g/mol. The number of rotatable bonds is 8. The molecule has 148 valence electrons. The van der Waals surface area contributed by atoms with Crippen LogP contribution in [0.15, 0.2) is 29.2 Å². The molecule has 2 rings (SSSR count). The monoisotopic (exact) mass is 406 g/mol. The molecule has 0 atom stereocenters. The molecule has 0 unspecified atom stereocenters. The van der Waals surface area contributed by atoms with E-state index in [1.54, 1.807) is 0 Å². The van der Waals surface area contributed by atoms with Crippen LogP contribution >= 0.6 is 0 Å². The van der Waals surface area contributed by atoms with Crippen molar-refractivity contribution in [2.45, 2.75) is 43.9 Å². The molecule has 0 radical (unpaired) electrons. The summed E-state index contributed by atoms with van der Waals surface area (Å²) in [7, 11) is -3.59. The molecule has 2 aromatic carbocycles. The average Bonchev–Trinajstić information content (AvgIpc) is 2.65. The Bertz CT molecular complexity index is 880. The lowest BCUT2D eigenvalue weighted by molar-refractivity contribution is 0.381. The normalized spacial score (nSPS) is 11.8. The van der Waals surface area contributed by atoms with Crippen LogP contribution in [0.5, 0.6) is 0 Å². The minimum absolute atomic E-state index is 0.0642. The molecule has 0 amide bonds. The third kappa shape index (κ3) is 4.66. The molecule has 0 aliphatic rings. The third-order valence-corrected chi connectivity index (χ3v) is 6.05. The van der Waals surface area contributed by atoms with Gasteiger partial charge < -0.3 is 0 Å². The van der Waals surface area contributed by atoms with E-state index in [4.69, 9.17) is 0 Å². The van der Waals surface area contributed by atoms with Gasteiger partial charge in [0.1, 0.15) is 0 Å². The number of hydrogen-bond acceptors (Lipinski definition) is 2. The number of halogens is 5. The fraction of sp³-hybridized carbons (Fsp3) is 0.368. The lowest BCUT2D eigenvalue weighted by atomic mass is 10.0. The van der Waals surface area contributed by atoms with Crippen LogP contribution in [0.4, 0.5) is 22.0 Å². The first-order valence-corrected chi connectivity index (χ1v) is 10.2. The van der Waals surface area contributed by atoms with Crippen molar-refractivity contribution in [2.24, 2.45) is 0 Å². The van der Waals surface area contributed by atoms with Crippen LogP contribution in [-0.2, 0) is 9.84 Å². The van der Waals surface area contributed by atoms with Gasteiger partial charge in [0.25, 0.3) is 0 Å². The van der Waals surface area contributed by atoms with Gasteiger partial charge in [-0.3, -0.25) is 0 Å². The number of unbranched alkanes of at least 4 members (excludes halogenated alkanes) is 4. The van der Waals surface area contributed by atoms with Crippen molar-refractivity contribution in [2.75, 3.05) is 5.75 Å². The zero-order valence-electron chi connectivity index (χ0n) is 14.7. The Morgan fingerprint density at radius 2 is 1.19 bits per heavy atom. The second kappa shape index (κ2) is 8.82. The van der Waals surface area contributed by atoms with E-state index in [0.717, 1.165) is 49.9 Å². The van der Waals surface area contributed by atoms with E-state index in [9.17, 15) is 30.4 Å². The third-order valence-electron chi connectivity index (χ3n) is 4.23. The Kier molecular flexibility index (Phi) is 6.97. The van der Waals surface area contributed by atoms with Gasteiger partial charge >= 0.3 is 0 Å². The molecule has 2 aromatic rings. The first kappa shape index (κ1) is 21.3. The summed E-state index contributed by atoms with van der Waals surface area (Å²) in [5.41, 5.74) is -1.39. The second-order valence-corrected chi connectivity index (χ2v) is 8.31. The maximum absolute atomic E-state index is 13.9. The van der Waals surface area contributed by atoms with Crippen molar-refractivity contribution < 1.29 is 30.4 Å². The smallest absolute Gasteiger partial charge is 0.200 e. The SMILES string of the molecule is CCCCCCCS(=O)(=O)c1ccc(-c2c(F)c(F)c(F)c(F)c2F)cc1. The van der Waals surface area contributed by atoms with Crippen LogP contribution in [0.25, 0.3) is 11.1 Å². The molecule has 0 aromatic heterocycles. The summed E-state index contributed by atoms with van der Waals surface area (Å²) in [6.07, 6.45) is 4.26. The second-order valence-electron chi connectivity index (χ2n) is 6.20. The van der Waals surface area contributed by atoms with E-state index in [-0.39, 0.29) is 16.2 Å². The van der Waals surface area contributed by atoms with Gasteiger partial charge in [-0.2, -0.15) is 0 Å². The van der Waals surface area contributed by atoms with Gasteiger partial charge in [0.2, 0.25) is 5.82 Å². The minimum atomic E-state index is -3.59. The van der Waals surface area contributed by atoms with Crippen LogP contribution in [0.1, 0.15) is 39.0 Å². The van der Waals surface area contributed by atoms with Crippen molar-refractivity contribution in [1.82, 2.24) is 0 Å². The van der Waals surface area contributed by atoms with Crippen LogP contribution in [-0.4, -0.2) is 14.2 Å². The van der Waals surface area contributed by atoms with Crippen molar-refractivity contribution in [1.29, 1.82) is 0 Å². The van der Waals surface area contributed by atoms with Crippen molar-refractivity contribution in [3.05, 3.63) is 53.4 Å². The zero-order valence-corrected chi connectivity index (χ0v) is 15.5. The minimum Gasteiger partial charge on any atom is -0.224 e. The van der Waals surface area contributed by atoms with Gasteiger partial charge in [0, 0.05) is 0 Å². The summed E-state index contributed by atoms with van der Waals surface area (Å²) in [6, 6.07) is 4.27. The van der Waals surface area contributed by atoms with E-state index in [0.29, 0.717) is 6.42 Å². The molecule has 0 aliphatic carbocycles. The van der Waals surface area contributed by atoms with Gasteiger partial charge in [-0.25, -0.2) is 30.4 Å². The number of sulfone groups is 1. The highest BCUT2D eigenvalue weighted by Gasteiger charge is 2.26. The van der Waals surface area contributed by atoms with Gasteiger partial charge in [0.15, 0.2) is 33.1 Å². The Labute approximate surface area is 154 Å². The van der Waals surface area contributed by atoms with Crippen LogP contribution in [0.2, 0.25) is 0 Å². The summed E-state index contributed by atoms with van der Waals surface area (Å²) < 4.78 is 92.0.